The number of hydrogen-bond acceptors (Lipinski definition) is 10. The van der Waals surface area contributed by atoms with E-state index >= 15 is 0 Å². The highest BCUT2D eigenvalue weighted by molar-refractivity contribution is 7.18. The zero-order chi connectivity index (χ0) is 29.5. The first-order chi connectivity index (χ1) is 20.5. The zero-order valence-corrected chi connectivity index (χ0v) is 24.8. The highest BCUT2D eigenvalue weighted by Gasteiger charge is 2.14. The number of furan rings is 1. The lowest BCUT2D eigenvalue weighted by atomic mass is 10.2. The van der Waals surface area contributed by atoms with Crippen molar-refractivity contribution >= 4 is 27.3 Å². The second kappa shape index (κ2) is 13.3. The summed E-state index contributed by atoms with van der Waals surface area (Å²) in [7, 11) is 8.14. The molecule has 0 aliphatic carbocycles. The standard InChI is InChI=1S/C17H20O4.C14H11N3O3S/c1-18-11-13-6-4-8-15(10-13)21-12-14-7-5-9-16(19-2)17(14)20-3;1-18-9-4-3-8-5-12(20-11(8)6-9)10-7-17-13(15-10)21-14(16-17)19-2/h4-10H,11-12H2,1-3H3;3-7H,1-2H3. The Morgan fingerprint density at radius 2 is 1.67 bits per heavy atom. The van der Waals surface area contributed by atoms with Crippen LogP contribution in [0.3, 0.4) is 0 Å². The molecule has 3 aromatic carbocycles. The average molecular weight is 590 g/mol. The largest absolute Gasteiger partial charge is 0.497 e. The highest BCUT2D eigenvalue weighted by Crippen LogP contribution is 2.32. The molecule has 0 N–H and O–H groups in total. The summed E-state index contributed by atoms with van der Waals surface area (Å²) in [5, 5.41) is 5.84. The third kappa shape index (κ3) is 6.42. The van der Waals surface area contributed by atoms with E-state index in [1.165, 1.54) is 11.3 Å². The minimum Gasteiger partial charge on any atom is -0.497 e. The van der Waals surface area contributed by atoms with Gasteiger partial charge in [0.05, 0.1) is 41.2 Å². The van der Waals surface area contributed by atoms with Crippen molar-refractivity contribution in [2.75, 3.05) is 35.5 Å². The fourth-order valence-corrected chi connectivity index (χ4v) is 4.97. The van der Waals surface area contributed by atoms with Crippen LogP contribution < -0.4 is 23.7 Å². The molecule has 0 saturated carbocycles. The van der Waals surface area contributed by atoms with Gasteiger partial charge >= 0.3 is 0 Å². The van der Waals surface area contributed by atoms with Gasteiger partial charge < -0.3 is 32.8 Å². The SMILES string of the molecule is COCc1cccc(OCc2cccc(OC)c2OC)c1.COc1ccc2cc(-c3cn4nc(OC)sc4n3)oc2c1. The number of para-hydroxylation sites is 1. The average Bonchev–Trinajstić information content (AvgIpc) is 3.73. The van der Waals surface area contributed by atoms with Gasteiger partial charge in [0.2, 0.25) is 4.96 Å². The monoisotopic (exact) mass is 589 g/mol. The van der Waals surface area contributed by atoms with Crippen LogP contribution in [0.1, 0.15) is 11.1 Å². The molecule has 0 bridgehead atoms. The number of fused-ring (bicyclic) bond motifs is 2. The second-order valence-corrected chi connectivity index (χ2v) is 9.88. The van der Waals surface area contributed by atoms with Gasteiger partial charge in [0, 0.05) is 24.1 Å². The van der Waals surface area contributed by atoms with Crippen molar-refractivity contribution in [2.24, 2.45) is 0 Å². The van der Waals surface area contributed by atoms with Crippen LogP contribution in [0.15, 0.2) is 77.3 Å². The number of benzene rings is 3. The summed E-state index contributed by atoms with van der Waals surface area (Å²) in [5.41, 5.74) is 3.53. The normalized spacial score (nSPS) is 10.8. The number of nitrogens with zero attached hydrogens (tertiary/aromatic N) is 3. The van der Waals surface area contributed by atoms with Gasteiger partial charge in [-0.2, -0.15) is 0 Å². The minimum absolute atomic E-state index is 0.414. The fraction of sp³-hybridized carbons (Fsp3) is 0.226. The molecule has 0 aliphatic heterocycles. The second-order valence-electron chi connectivity index (χ2n) is 8.96. The molecule has 0 fully saturated rings. The molecule has 10 nitrogen and oxygen atoms in total. The van der Waals surface area contributed by atoms with E-state index in [-0.39, 0.29) is 0 Å². The van der Waals surface area contributed by atoms with Gasteiger partial charge in [-0.1, -0.05) is 24.3 Å². The van der Waals surface area contributed by atoms with Crippen LogP contribution in [0.2, 0.25) is 0 Å². The summed E-state index contributed by atoms with van der Waals surface area (Å²) in [5.74, 6) is 3.67. The Balaban J connectivity index is 0.000000168. The zero-order valence-electron chi connectivity index (χ0n) is 24.0. The predicted molar refractivity (Wildman–Crippen MR) is 160 cm³/mol. The lowest BCUT2D eigenvalue weighted by molar-refractivity contribution is 0.184. The van der Waals surface area contributed by atoms with Crippen LogP contribution in [0, 0.1) is 0 Å². The van der Waals surface area contributed by atoms with E-state index in [0.29, 0.717) is 35.7 Å². The number of methoxy groups -OCH3 is 5. The quantitative estimate of drug-likeness (QED) is 0.174. The summed E-state index contributed by atoms with van der Waals surface area (Å²) in [4.78, 5) is 5.27. The number of hydrogen-bond donors (Lipinski definition) is 0. The Bertz CT molecular complexity index is 1740. The van der Waals surface area contributed by atoms with E-state index in [1.54, 1.807) is 40.1 Å². The van der Waals surface area contributed by atoms with E-state index in [9.17, 15) is 0 Å². The maximum absolute atomic E-state index is 5.84. The Kier molecular flexibility index (Phi) is 9.10. The molecule has 42 heavy (non-hydrogen) atoms. The van der Waals surface area contributed by atoms with E-state index in [2.05, 4.69) is 10.1 Å². The number of aromatic nitrogens is 3. The molecule has 0 atom stereocenters. The van der Waals surface area contributed by atoms with Crippen LogP contribution >= 0.6 is 11.3 Å². The van der Waals surface area contributed by atoms with Crippen molar-refractivity contribution in [1.82, 2.24) is 14.6 Å². The third-order valence-electron chi connectivity index (χ3n) is 6.27. The first-order valence-corrected chi connectivity index (χ1v) is 13.8. The van der Waals surface area contributed by atoms with Gasteiger partial charge in [-0.15, -0.1) is 5.10 Å². The lowest BCUT2D eigenvalue weighted by Gasteiger charge is -2.13. The van der Waals surface area contributed by atoms with Crippen LogP contribution in [0.25, 0.3) is 27.4 Å². The summed E-state index contributed by atoms with van der Waals surface area (Å²) < 4.78 is 39.4. The minimum atomic E-state index is 0.414. The Morgan fingerprint density at radius 3 is 2.40 bits per heavy atom. The first kappa shape index (κ1) is 28.8. The van der Waals surface area contributed by atoms with Gasteiger partial charge in [-0.25, -0.2) is 9.50 Å². The van der Waals surface area contributed by atoms with Crippen molar-refractivity contribution in [1.29, 1.82) is 0 Å². The fourth-order valence-electron chi connectivity index (χ4n) is 4.27. The molecule has 3 aromatic heterocycles. The van der Waals surface area contributed by atoms with Crippen LogP contribution in [-0.4, -0.2) is 50.1 Å². The molecular formula is C31H31N3O7S. The maximum atomic E-state index is 5.84. The topological polar surface area (TPSA) is 98.7 Å². The molecular weight excluding hydrogens is 558 g/mol. The van der Waals surface area contributed by atoms with Crippen molar-refractivity contribution in [3.05, 3.63) is 84.1 Å². The van der Waals surface area contributed by atoms with Crippen LogP contribution in [0.5, 0.6) is 28.2 Å². The molecule has 11 heteroatoms. The van der Waals surface area contributed by atoms with E-state index < -0.39 is 0 Å². The van der Waals surface area contributed by atoms with E-state index in [4.69, 9.17) is 32.8 Å². The molecule has 0 radical (unpaired) electrons. The predicted octanol–water partition coefficient (Wildman–Crippen LogP) is 6.65. The maximum Gasteiger partial charge on any atom is 0.294 e. The molecule has 6 aromatic rings. The van der Waals surface area contributed by atoms with Gasteiger partial charge in [0.15, 0.2) is 17.3 Å². The molecule has 0 saturated heterocycles. The Labute approximate surface area is 246 Å². The van der Waals surface area contributed by atoms with Crippen LogP contribution in [-0.2, 0) is 18.0 Å². The Morgan fingerprint density at radius 1 is 0.810 bits per heavy atom. The molecule has 0 unspecified atom stereocenters. The third-order valence-corrected chi connectivity index (χ3v) is 7.15. The first-order valence-electron chi connectivity index (χ1n) is 12.9. The van der Waals surface area contributed by atoms with E-state index in [1.807, 2.05) is 72.9 Å². The smallest absolute Gasteiger partial charge is 0.294 e. The lowest BCUT2D eigenvalue weighted by Crippen LogP contribution is -2.01. The summed E-state index contributed by atoms with van der Waals surface area (Å²) in [6.07, 6.45) is 1.82. The van der Waals surface area contributed by atoms with Crippen molar-refractivity contribution < 1.29 is 32.8 Å². The van der Waals surface area contributed by atoms with Crippen LogP contribution in [0.4, 0.5) is 0 Å². The van der Waals surface area contributed by atoms with Gasteiger partial charge in [-0.3, -0.25) is 0 Å². The molecule has 0 aliphatic rings. The molecule has 0 amide bonds. The summed E-state index contributed by atoms with van der Waals surface area (Å²) in [6, 6.07) is 21.3. The molecule has 0 spiro atoms. The summed E-state index contributed by atoms with van der Waals surface area (Å²) >= 11 is 1.38. The number of imidazole rings is 1. The highest BCUT2D eigenvalue weighted by atomic mass is 32.1. The van der Waals surface area contributed by atoms with Gasteiger partial charge in [0.1, 0.15) is 29.4 Å². The molecule has 6 rings (SSSR count). The van der Waals surface area contributed by atoms with Crippen molar-refractivity contribution in [2.45, 2.75) is 13.2 Å². The number of ether oxygens (including phenoxy) is 6. The van der Waals surface area contributed by atoms with Crippen molar-refractivity contribution in [3.8, 4) is 39.6 Å². The Hall–Kier alpha value is -4.74. The van der Waals surface area contributed by atoms with Gasteiger partial charge in [-0.05, 0) is 53.3 Å². The molecule has 3 heterocycles. The molecule has 218 valence electrons. The summed E-state index contributed by atoms with van der Waals surface area (Å²) in [6.45, 7) is 0.983. The van der Waals surface area contributed by atoms with Gasteiger partial charge in [0.25, 0.3) is 5.19 Å². The van der Waals surface area contributed by atoms with Crippen molar-refractivity contribution in [3.63, 3.8) is 0 Å². The van der Waals surface area contributed by atoms with E-state index in [0.717, 1.165) is 44.2 Å². The number of rotatable bonds is 10.